The van der Waals surface area contributed by atoms with E-state index in [-0.39, 0.29) is 60.0 Å². The van der Waals surface area contributed by atoms with Gasteiger partial charge in [-0.15, -0.1) is 0 Å². The lowest BCUT2D eigenvalue weighted by Gasteiger charge is -2.26. The number of aromatic nitrogens is 3. The van der Waals surface area contributed by atoms with E-state index in [1.807, 2.05) is 0 Å². The zero-order valence-corrected chi connectivity index (χ0v) is 22.9. The second-order valence-electron chi connectivity index (χ2n) is 6.40. The Labute approximate surface area is 230 Å². The van der Waals surface area contributed by atoms with Gasteiger partial charge in [-0.3, -0.25) is 9.59 Å². The largest absolute Gasteiger partial charge is 0.465 e. The molecule has 1 heterocycles. The number of hydrogen-bond acceptors (Lipinski definition) is 8. The summed E-state index contributed by atoms with van der Waals surface area (Å²) in [5.74, 6) is -1.96. The molecule has 2 rings (SSSR count). The quantitative estimate of drug-likeness (QED) is 0.273. The van der Waals surface area contributed by atoms with E-state index >= 15 is 0 Å². The summed E-state index contributed by atoms with van der Waals surface area (Å²) in [4.78, 5) is 38.3. The predicted molar refractivity (Wildman–Crippen MR) is 134 cm³/mol. The fourth-order valence-corrected chi connectivity index (χ4v) is 3.51. The van der Waals surface area contributed by atoms with Gasteiger partial charge in [0.15, 0.2) is 17.5 Å². The molecule has 0 amide bonds. The van der Waals surface area contributed by atoms with Crippen molar-refractivity contribution in [3.63, 3.8) is 0 Å². The van der Waals surface area contributed by atoms with Crippen molar-refractivity contribution in [2.75, 3.05) is 31.2 Å². The summed E-state index contributed by atoms with van der Waals surface area (Å²) in [6.07, 6.45) is 0. The molecule has 0 aliphatic rings. The first-order valence-corrected chi connectivity index (χ1v) is 12.2. The topological polar surface area (TPSA) is 94.5 Å². The molecule has 0 spiro atoms. The van der Waals surface area contributed by atoms with E-state index in [9.17, 15) is 9.59 Å². The third-order valence-corrected chi connectivity index (χ3v) is 5.26. The second kappa shape index (κ2) is 12.3. The Bertz CT molecular complexity index is 992. The maximum Gasteiger partial charge on any atom is 0.325 e. The maximum atomic E-state index is 12.3. The van der Waals surface area contributed by atoms with Gasteiger partial charge in [-0.2, -0.15) is 0 Å². The number of anilines is 1. The van der Waals surface area contributed by atoms with Gasteiger partial charge in [0.1, 0.15) is 13.1 Å². The molecular weight excluding hydrogens is 596 g/mol. The van der Waals surface area contributed by atoms with Crippen LogP contribution in [0.5, 0.6) is 0 Å². The van der Waals surface area contributed by atoms with Crippen LogP contribution < -0.4 is 4.90 Å². The van der Waals surface area contributed by atoms with Crippen LogP contribution in [0.1, 0.15) is 25.5 Å². The van der Waals surface area contributed by atoms with Crippen LogP contribution in [-0.2, 0) is 26.6 Å². The average Bonchev–Trinajstić information content (AvgIpc) is 2.72. The Morgan fingerprint density at radius 3 is 1.74 bits per heavy atom. The number of alkyl halides is 6. The summed E-state index contributed by atoms with van der Waals surface area (Å²) in [5.41, 5.74) is 0.427. The smallest absolute Gasteiger partial charge is 0.325 e. The number of para-hydroxylation sites is 1. The van der Waals surface area contributed by atoms with Crippen LogP contribution in [0.25, 0.3) is 11.4 Å². The van der Waals surface area contributed by atoms with E-state index in [0.717, 1.165) is 0 Å². The predicted octanol–water partition coefficient (Wildman–Crippen LogP) is 5.78. The summed E-state index contributed by atoms with van der Waals surface area (Å²) >= 11 is 42.3. The normalized spacial score (nSPS) is 11.8. The Kier molecular flexibility index (Phi) is 10.6. The lowest BCUT2D eigenvalue weighted by molar-refractivity contribution is -0.142. The molecule has 15 heteroatoms. The first-order valence-electron chi connectivity index (χ1n) is 9.53. The highest BCUT2D eigenvalue weighted by Gasteiger charge is 2.35. The van der Waals surface area contributed by atoms with Crippen molar-refractivity contribution in [1.82, 2.24) is 15.0 Å². The van der Waals surface area contributed by atoms with Crippen molar-refractivity contribution >= 4 is 98.8 Å². The van der Waals surface area contributed by atoms with Gasteiger partial charge in [-0.05, 0) is 26.0 Å². The third-order valence-electron chi connectivity index (χ3n) is 3.94. The van der Waals surface area contributed by atoms with E-state index in [1.54, 1.807) is 26.0 Å². The fraction of sp³-hybridized carbons (Fsp3) is 0.421. The van der Waals surface area contributed by atoms with E-state index in [0.29, 0.717) is 0 Å². The molecule has 0 atom stereocenters. The molecule has 0 aliphatic heterocycles. The molecule has 8 nitrogen and oxygen atoms in total. The maximum absolute atomic E-state index is 12.3. The Hall–Kier alpha value is -1.000. The summed E-state index contributed by atoms with van der Waals surface area (Å²) in [5, 5.41) is 0.150. The number of hydrogen-bond donors (Lipinski definition) is 0. The van der Waals surface area contributed by atoms with Crippen molar-refractivity contribution in [2.45, 2.75) is 21.4 Å². The van der Waals surface area contributed by atoms with Crippen LogP contribution in [0.3, 0.4) is 0 Å². The van der Waals surface area contributed by atoms with Crippen LogP contribution in [-0.4, -0.2) is 53.2 Å². The standard InChI is InChI=1S/C19H17Cl7N4O4/c1-3-33-12(31)8-30(9-13(32)34-4-2)14-10(6-5-7-11(14)20)15-27-16(18(21,22)23)29-17(28-15)19(24,25)26/h5-7H,3-4,8-9H2,1-2H3. The molecular formula is C19H17Cl7N4O4. The van der Waals surface area contributed by atoms with Gasteiger partial charge in [0.25, 0.3) is 0 Å². The van der Waals surface area contributed by atoms with Gasteiger partial charge < -0.3 is 14.4 Å². The Morgan fingerprint density at radius 2 is 1.32 bits per heavy atom. The summed E-state index contributed by atoms with van der Waals surface area (Å²) in [6.45, 7) is 2.88. The average molecular weight is 614 g/mol. The first-order chi connectivity index (χ1) is 15.8. The molecule has 0 radical (unpaired) electrons. The van der Waals surface area contributed by atoms with Crippen molar-refractivity contribution < 1.29 is 19.1 Å². The number of carbonyl (C=O) groups is 2. The van der Waals surface area contributed by atoms with Crippen molar-refractivity contribution in [1.29, 1.82) is 0 Å². The summed E-state index contributed by atoms with van der Waals surface area (Å²) in [6, 6.07) is 4.68. The summed E-state index contributed by atoms with van der Waals surface area (Å²) < 4.78 is 5.88. The second-order valence-corrected chi connectivity index (χ2v) is 11.4. The minimum absolute atomic E-state index is 0.0899. The molecule has 0 N–H and O–H groups in total. The first kappa shape index (κ1) is 29.2. The van der Waals surface area contributed by atoms with E-state index in [2.05, 4.69) is 15.0 Å². The number of ether oxygens (including phenoxy) is 2. The molecule has 0 saturated carbocycles. The molecule has 186 valence electrons. The zero-order valence-electron chi connectivity index (χ0n) is 17.6. The minimum Gasteiger partial charge on any atom is -0.465 e. The van der Waals surface area contributed by atoms with Crippen molar-refractivity contribution in [3.05, 3.63) is 34.9 Å². The molecule has 0 fully saturated rings. The number of halogens is 7. The van der Waals surface area contributed by atoms with Crippen LogP contribution in [0.2, 0.25) is 5.02 Å². The van der Waals surface area contributed by atoms with E-state index < -0.39 is 19.5 Å². The van der Waals surface area contributed by atoms with E-state index in [4.69, 9.17) is 90.7 Å². The molecule has 2 aromatic rings. The highest BCUT2D eigenvalue weighted by Crippen LogP contribution is 2.42. The molecule has 1 aromatic carbocycles. The monoisotopic (exact) mass is 610 g/mol. The van der Waals surface area contributed by atoms with Gasteiger partial charge in [0.05, 0.1) is 23.9 Å². The molecule has 1 aromatic heterocycles. The number of rotatable bonds is 8. The highest BCUT2D eigenvalue weighted by molar-refractivity contribution is 6.67. The van der Waals surface area contributed by atoms with Crippen molar-refractivity contribution in [3.8, 4) is 11.4 Å². The molecule has 34 heavy (non-hydrogen) atoms. The molecule has 0 saturated heterocycles. The Morgan fingerprint density at radius 1 is 0.853 bits per heavy atom. The van der Waals surface area contributed by atoms with Crippen LogP contribution in [0, 0.1) is 0 Å². The molecule has 0 unspecified atom stereocenters. The Balaban J connectivity index is 2.74. The minimum atomic E-state index is -2.09. The number of esters is 2. The van der Waals surface area contributed by atoms with E-state index in [1.165, 1.54) is 11.0 Å². The summed E-state index contributed by atoms with van der Waals surface area (Å²) in [7, 11) is 0. The number of benzene rings is 1. The SMILES string of the molecule is CCOC(=O)CN(CC(=O)OCC)c1c(Cl)cccc1-c1nc(C(Cl)(Cl)Cl)nc(C(Cl)(Cl)Cl)n1. The number of carbonyl (C=O) groups excluding carboxylic acids is 2. The number of nitrogens with zero attached hydrogens (tertiary/aromatic N) is 4. The lowest BCUT2D eigenvalue weighted by Crippen LogP contribution is -2.37. The lowest BCUT2D eigenvalue weighted by atomic mass is 10.1. The molecule has 0 aliphatic carbocycles. The van der Waals surface area contributed by atoms with Crippen molar-refractivity contribution in [2.24, 2.45) is 0 Å². The van der Waals surface area contributed by atoms with Crippen LogP contribution >= 0.6 is 81.2 Å². The van der Waals surface area contributed by atoms with Crippen LogP contribution in [0.4, 0.5) is 5.69 Å². The van der Waals surface area contributed by atoms with Gasteiger partial charge in [-0.25, -0.2) is 15.0 Å². The molecule has 0 bridgehead atoms. The van der Waals surface area contributed by atoms with Gasteiger partial charge in [0, 0.05) is 5.56 Å². The third kappa shape index (κ3) is 8.01. The van der Waals surface area contributed by atoms with Gasteiger partial charge in [0.2, 0.25) is 7.59 Å². The zero-order chi connectivity index (χ0) is 25.7. The van der Waals surface area contributed by atoms with Gasteiger partial charge >= 0.3 is 11.9 Å². The van der Waals surface area contributed by atoms with Crippen LogP contribution in [0.15, 0.2) is 18.2 Å². The van der Waals surface area contributed by atoms with Gasteiger partial charge in [-0.1, -0.05) is 87.3 Å². The highest BCUT2D eigenvalue weighted by atomic mass is 35.6. The fourth-order valence-electron chi connectivity index (χ4n) is 2.71.